The van der Waals surface area contributed by atoms with Gasteiger partial charge in [0.25, 0.3) is 0 Å². The van der Waals surface area contributed by atoms with Crippen LogP contribution in [0.2, 0.25) is 0 Å². The summed E-state index contributed by atoms with van der Waals surface area (Å²) in [5.74, 6) is 0.229. The summed E-state index contributed by atoms with van der Waals surface area (Å²) >= 11 is 0. The number of nitrogens with one attached hydrogen (secondary N) is 3. The Bertz CT molecular complexity index is 716. The molecule has 5 heteroatoms. The van der Waals surface area contributed by atoms with Crippen molar-refractivity contribution < 1.29 is 9.13 Å². The number of ether oxygens (including phenoxy) is 1. The lowest BCUT2D eigenvalue weighted by Crippen LogP contribution is -2.44. The van der Waals surface area contributed by atoms with Crippen molar-refractivity contribution >= 4 is 0 Å². The van der Waals surface area contributed by atoms with Crippen molar-refractivity contribution in [1.82, 2.24) is 16.2 Å². The van der Waals surface area contributed by atoms with Crippen LogP contribution in [0.1, 0.15) is 30.0 Å². The van der Waals surface area contributed by atoms with Gasteiger partial charge in [0.2, 0.25) is 0 Å². The topological polar surface area (TPSA) is 45.3 Å². The largest absolute Gasteiger partial charge is 0.381 e. The molecule has 3 N–H and O–H groups in total. The summed E-state index contributed by atoms with van der Waals surface area (Å²) in [4.78, 5) is 0. The van der Waals surface area contributed by atoms with E-state index in [1.54, 1.807) is 0 Å². The molecule has 2 aromatic rings. The summed E-state index contributed by atoms with van der Waals surface area (Å²) in [5, 5.41) is 3.74. The molecular weight excluding hydrogens is 341 g/mol. The predicted molar refractivity (Wildman–Crippen MR) is 105 cm³/mol. The molecule has 0 saturated carbocycles. The summed E-state index contributed by atoms with van der Waals surface area (Å²) in [6.45, 7) is 4.41. The minimum absolute atomic E-state index is 0.143. The second-order valence-corrected chi connectivity index (χ2v) is 7.70. The highest BCUT2D eigenvalue weighted by Gasteiger charge is 2.35. The maximum Gasteiger partial charge on any atom is 0.123 e. The van der Waals surface area contributed by atoms with Gasteiger partial charge in [-0.3, -0.25) is 5.43 Å². The van der Waals surface area contributed by atoms with Crippen LogP contribution in [0, 0.1) is 11.7 Å². The number of benzene rings is 2. The fourth-order valence-electron chi connectivity index (χ4n) is 4.37. The molecule has 2 saturated heterocycles. The van der Waals surface area contributed by atoms with Crippen LogP contribution in [-0.4, -0.2) is 32.8 Å². The third-order valence-electron chi connectivity index (χ3n) is 6.03. The molecule has 0 aromatic heterocycles. The summed E-state index contributed by atoms with van der Waals surface area (Å²) in [5.41, 5.74) is 9.27. The standard InChI is InChI=1S/C22H28FN3O/c23-20-8-6-17(7-9-20)21-18(15-25-26-21)14-24-16-22(10-12-27-13-11-22)19-4-2-1-3-5-19/h1-9,18,21,24-26H,10-16H2. The number of hydrazine groups is 1. The van der Waals surface area contributed by atoms with Gasteiger partial charge in [0, 0.05) is 44.2 Å². The van der Waals surface area contributed by atoms with Crippen molar-refractivity contribution in [3.05, 3.63) is 71.5 Å². The van der Waals surface area contributed by atoms with Gasteiger partial charge in [-0.15, -0.1) is 0 Å². The molecule has 0 bridgehead atoms. The molecule has 2 atom stereocenters. The van der Waals surface area contributed by atoms with Crippen molar-refractivity contribution in [3.8, 4) is 0 Å². The number of halogens is 1. The first-order valence-corrected chi connectivity index (χ1v) is 9.85. The molecule has 144 valence electrons. The lowest BCUT2D eigenvalue weighted by Gasteiger charge is -2.38. The van der Waals surface area contributed by atoms with E-state index in [0.717, 1.165) is 51.3 Å². The number of hydrogen-bond acceptors (Lipinski definition) is 4. The molecule has 2 aliphatic heterocycles. The molecule has 2 fully saturated rings. The highest BCUT2D eigenvalue weighted by molar-refractivity contribution is 5.27. The summed E-state index contributed by atoms with van der Waals surface area (Å²) < 4.78 is 18.9. The highest BCUT2D eigenvalue weighted by Crippen LogP contribution is 2.34. The van der Waals surface area contributed by atoms with E-state index < -0.39 is 0 Å². The van der Waals surface area contributed by atoms with Crippen LogP contribution in [0.4, 0.5) is 4.39 Å². The van der Waals surface area contributed by atoms with Crippen LogP contribution in [-0.2, 0) is 10.2 Å². The normalized spacial score (nSPS) is 24.8. The Morgan fingerprint density at radius 3 is 2.52 bits per heavy atom. The fraction of sp³-hybridized carbons (Fsp3) is 0.455. The molecule has 2 heterocycles. The van der Waals surface area contributed by atoms with Gasteiger partial charge in [-0.2, -0.15) is 0 Å². The molecule has 0 aliphatic carbocycles. The van der Waals surface area contributed by atoms with E-state index in [2.05, 4.69) is 46.5 Å². The smallest absolute Gasteiger partial charge is 0.123 e. The summed E-state index contributed by atoms with van der Waals surface area (Å²) in [6, 6.07) is 17.8. The average Bonchev–Trinajstić information content (AvgIpc) is 3.18. The maximum atomic E-state index is 13.2. The average molecular weight is 369 g/mol. The number of rotatable bonds is 6. The van der Waals surface area contributed by atoms with Gasteiger partial charge in [-0.05, 0) is 36.1 Å². The van der Waals surface area contributed by atoms with Crippen LogP contribution in [0.15, 0.2) is 54.6 Å². The zero-order valence-electron chi connectivity index (χ0n) is 15.6. The fourth-order valence-corrected chi connectivity index (χ4v) is 4.37. The SMILES string of the molecule is Fc1ccc(C2NNCC2CNCC2(c3ccccc3)CCOCC2)cc1. The Morgan fingerprint density at radius 2 is 1.78 bits per heavy atom. The van der Waals surface area contributed by atoms with Gasteiger partial charge in [0.1, 0.15) is 5.82 Å². The van der Waals surface area contributed by atoms with Crippen molar-refractivity contribution in [2.45, 2.75) is 24.3 Å². The van der Waals surface area contributed by atoms with Gasteiger partial charge in [-0.25, -0.2) is 9.82 Å². The van der Waals surface area contributed by atoms with Crippen LogP contribution in [0.3, 0.4) is 0 Å². The van der Waals surface area contributed by atoms with Gasteiger partial charge in [0.15, 0.2) is 0 Å². The van der Waals surface area contributed by atoms with E-state index in [4.69, 9.17) is 4.74 Å². The number of hydrogen-bond donors (Lipinski definition) is 3. The molecule has 2 aliphatic rings. The van der Waals surface area contributed by atoms with Gasteiger partial charge < -0.3 is 10.1 Å². The zero-order chi connectivity index (χ0) is 18.5. The van der Waals surface area contributed by atoms with E-state index in [0.29, 0.717) is 5.92 Å². The van der Waals surface area contributed by atoms with Crippen LogP contribution in [0.25, 0.3) is 0 Å². The highest BCUT2D eigenvalue weighted by atomic mass is 19.1. The first-order chi connectivity index (χ1) is 13.3. The second kappa shape index (κ2) is 8.48. The molecule has 4 nitrogen and oxygen atoms in total. The summed E-state index contributed by atoms with van der Waals surface area (Å²) in [6.07, 6.45) is 2.10. The van der Waals surface area contributed by atoms with Crippen molar-refractivity contribution in [2.75, 3.05) is 32.8 Å². The van der Waals surface area contributed by atoms with E-state index >= 15 is 0 Å². The molecule has 2 aromatic carbocycles. The molecule has 0 spiro atoms. The first kappa shape index (κ1) is 18.6. The zero-order valence-corrected chi connectivity index (χ0v) is 15.6. The Kier molecular flexibility index (Phi) is 5.83. The summed E-state index contributed by atoms with van der Waals surface area (Å²) in [7, 11) is 0. The van der Waals surface area contributed by atoms with Crippen molar-refractivity contribution in [1.29, 1.82) is 0 Å². The van der Waals surface area contributed by atoms with Crippen molar-refractivity contribution in [2.24, 2.45) is 5.92 Å². The third-order valence-corrected chi connectivity index (χ3v) is 6.03. The van der Waals surface area contributed by atoms with Gasteiger partial charge >= 0.3 is 0 Å². The minimum Gasteiger partial charge on any atom is -0.381 e. The molecule has 4 rings (SSSR count). The van der Waals surface area contributed by atoms with Gasteiger partial charge in [-0.1, -0.05) is 42.5 Å². The quantitative estimate of drug-likeness (QED) is 0.733. The first-order valence-electron chi connectivity index (χ1n) is 9.85. The van der Waals surface area contributed by atoms with E-state index in [9.17, 15) is 4.39 Å². The second-order valence-electron chi connectivity index (χ2n) is 7.70. The van der Waals surface area contributed by atoms with Crippen molar-refractivity contribution in [3.63, 3.8) is 0 Å². The predicted octanol–water partition coefficient (Wildman–Crippen LogP) is 2.93. The van der Waals surface area contributed by atoms with Crippen LogP contribution < -0.4 is 16.2 Å². The molecule has 0 amide bonds. The molecule has 0 radical (unpaired) electrons. The molecule has 2 unspecified atom stereocenters. The lowest BCUT2D eigenvalue weighted by atomic mass is 9.74. The minimum atomic E-state index is -0.191. The van der Waals surface area contributed by atoms with Crippen LogP contribution >= 0.6 is 0 Å². The third kappa shape index (κ3) is 4.22. The van der Waals surface area contributed by atoms with E-state index in [1.807, 2.05) is 12.1 Å². The van der Waals surface area contributed by atoms with E-state index in [-0.39, 0.29) is 17.3 Å². The Balaban J connectivity index is 1.40. The maximum absolute atomic E-state index is 13.2. The van der Waals surface area contributed by atoms with Crippen LogP contribution in [0.5, 0.6) is 0 Å². The Hall–Kier alpha value is -1.79. The van der Waals surface area contributed by atoms with Gasteiger partial charge in [0.05, 0.1) is 6.04 Å². The lowest BCUT2D eigenvalue weighted by molar-refractivity contribution is 0.0495. The Morgan fingerprint density at radius 1 is 1.04 bits per heavy atom. The van der Waals surface area contributed by atoms with E-state index in [1.165, 1.54) is 17.7 Å². The molecular formula is C22H28FN3O. The monoisotopic (exact) mass is 369 g/mol. The molecule has 27 heavy (non-hydrogen) atoms. The Labute approximate surface area is 160 Å².